The van der Waals surface area contributed by atoms with Gasteiger partial charge < -0.3 is 9.13 Å². The summed E-state index contributed by atoms with van der Waals surface area (Å²) in [6, 6.07) is 0. The van der Waals surface area contributed by atoms with Gasteiger partial charge in [-0.2, -0.15) is 13.2 Å². The van der Waals surface area contributed by atoms with Gasteiger partial charge in [0, 0.05) is 14.1 Å². The number of hydrogen-bond donors (Lipinski definition) is 0. The first-order valence-electron chi connectivity index (χ1n) is 6.08. The van der Waals surface area contributed by atoms with E-state index in [4.69, 9.17) is 0 Å². The molecule has 9 heteroatoms. The molecule has 0 aromatic rings. The number of amides is 2. The first-order valence-corrected chi connectivity index (χ1v) is 13.0. The summed E-state index contributed by atoms with van der Waals surface area (Å²) in [7, 11) is -1.16. The molecule has 0 radical (unpaired) electrons. The molecule has 4 nitrogen and oxygen atoms in total. The lowest BCUT2D eigenvalue weighted by molar-refractivity contribution is -0.177. The van der Waals surface area contributed by atoms with Crippen molar-refractivity contribution in [3.05, 3.63) is 0 Å². The van der Waals surface area contributed by atoms with Crippen LogP contribution in [0.1, 0.15) is 0 Å². The van der Waals surface area contributed by atoms with Crippen molar-refractivity contribution >= 4 is 28.8 Å². The highest BCUT2D eigenvalue weighted by molar-refractivity contribution is 6.92. The average Bonchev–Trinajstić information content (AvgIpc) is 2.12. The topological polar surface area (TPSA) is 40.6 Å². The maximum Gasteiger partial charge on any atom is 0.469 e. The van der Waals surface area contributed by atoms with Crippen LogP contribution in [-0.4, -0.2) is 58.2 Å². The third-order valence-corrected chi connectivity index (χ3v) is 9.11. The van der Waals surface area contributed by atoms with Crippen molar-refractivity contribution in [2.45, 2.75) is 45.5 Å². The second-order valence-electron chi connectivity index (χ2n) is 6.55. The molecule has 0 saturated carbocycles. The quantitative estimate of drug-likeness (QED) is 0.590. The monoisotopic (exact) mass is 330 g/mol. The molecule has 0 atom stereocenters. The van der Waals surface area contributed by atoms with Crippen LogP contribution in [0.15, 0.2) is 0 Å². The highest BCUT2D eigenvalue weighted by Gasteiger charge is 2.50. The second kappa shape index (κ2) is 7.25. The fraction of sp³-hybridized carbons (Fsp3) is 0.818. The zero-order chi connectivity index (χ0) is 16.9. The van der Waals surface area contributed by atoms with E-state index < -0.39 is 28.6 Å². The van der Waals surface area contributed by atoms with Gasteiger partial charge in [-0.3, -0.25) is 9.59 Å². The number of carbonyl (C=O) groups is 2. The lowest BCUT2D eigenvalue weighted by Gasteiger charge is -2.43. The largest absolute Gasteiger partial charge is 0.469 e. The van der Waals surface area contributed by atoms with Crippen LogP contribution in [0.5, 0.6) is 0 Å². The summed E-state index contributed by atoms with van der Waals surface area (Å²) in [5, 5.41) is 0. The molecule has 20 heavy (non-hydrogen) atoms. The van der Waals surface area contributed by atoms with Crippen LogP contribution < -0.4 is 0 Å². The molecule has 0 bridgehead atoms. The Hall–Kier alpha value is -0.836. The molecule has 0 N–H and O–H groups in total. The molecule has 120 valence electrons. The molecule has 0 unspecified atom stereocenters. The summed E-state index contributed by atoms with van der Waals surface area (Å²) in [6.45, 7) is 10.6. The molecule has 0 aliphatic rings. The van der Waals surface area contributed by atoms with Gasteiger partial charge in [0.1, 0.15) is 16.5 Å². The van der Waals surface area contributed by atoms with Gasteiger partial charge in [-0.1, -0.05) is 39.3 Å². The van der Waals surface area contributed by atoms with E-state index in [9.17, 15) is 22.8 Å². The highest BCUT2D eigenvalue weighted by Crippen LogP contribution is 2.27. The molecule has 2 amide bonds. The lowest BCUT2D eigenvalue weighted by Crippen LogP contribution is -2.64. The van der Waals surface area contributed by atoms with E-state index in [1.807, 2.05) is 0 Å². The van der Waals surface area contributed by atoms with Gasteiger partial charge >= 0.3 is 12.1 Å². The summed E-state index contributed by atoms with van der Waals surface area (Å²) in [6.07, 6.45) is -4.00. The summed E-state index contributed by atoms with van der Waals surface area (Å²) in [4.78, 5) is 22.2. The van der Waals surface area contributed by atoms with Crippen LogP contribution >= 0.6 is 0 Å². The molecular formula is C11H25F3N2O2Si2. The molecule has 0 rings (SSSR count). The third-order valence-electron chi connectivity index (χ3n) is 2.00. The minimum absolute atomic E-state index is 0.750. The van der Waals surface area contributed by atoms with Crippen LogP contribution in [0.4, 0.5) is 13.2 Å². The minimum Gasteiger partial charge on any atom is -0.388 e. The van der Waals surface area contributed by atoms with Gasteiger partial charge in [-0.05, 0) is 0 Å². The number of alkyl halides is 3. The molecule has 0 aromatic heterocycles. The van der Waals surface area contributed by atoms with E-state index in [0.717, 1.165) is 10.6 Å². The Labute approximate surface area is 121 Å². The Morgan fingerprint density at radius 2 is 1.20 bits per heavy atom. The lowest BCUT2D eigenvalue weighted by atomic mass is 10.6. The van der Waals surface area contributed by atoms with Crippen molar-refractivity contribution in [1.82, 2.24) is 9.13 Å². The van der Waals surface area contributed by atoms with E-state index >= 15 is 0 Å². The molecular weight excluding hydrogens is 305 g/mol. The predicted octanol–water partition coefficient (Wildman–Crippen LogP) is 2.75. The fourth-order valence-corrected chi connectivity index (χ4v) is 11.3. The van der Waals surface area contributed by atoms with E-state index in [-0.39, 0.29) is 0 Å². The van der Waals surface area contributed by atoms with Crippen LogP contribution in [0.2, 0.25) is 39.3 Å². The molecule has 0 fully saturated rings. The van der Waals surface area contributed by atoms with E-state index in [1.165, 1.54) is 4.90 Å². The standard InChI is InChI=1S/C8H18F3NOSi2.C3H7NO/c1-14(2,3)12(15(4,5)6)7(13)8(9,10)11;1-4(2)3-5/h1-6H3;3H,1-2H3. The SMILES string of the molecule is CN(C)C=O.C[Si](C)(C)N(C(=O)C(F)(F)F)[Si](C)(C)C. The fourth-order valence-electron chi connectivity index (χ4n) is 1.74. The Bertz CT molecular complexity index is 320. The van der Waals surface area contributed by atoms with Gasteiger partial charge in [0.2, 0.25) is 6.41 Å². The summed E-state index contributed by atoms with van der Waals surface area (Å²) >= 11 is 0. The van der Waals surface area contributed by atoms with Crippen molar-refractivity contribution in [2.75, 3.05) is 14.1 Å². The molecule has 0 spiro atoms. The number of halogens is 3. The first kappa shape index (κ1) is 21.5. The van der Waals surface area contributed by atoms with Crippen molar-refractivity contribution in [2.24, 2.45) is 0 Å². The molecule has 0 aliphatic heterocycles. The maximum absolute atomic E-state index is 12.4. The number of nitrogens with zero attached hydrogens (tertiary/aromatic N) is 2. The highest BCUT2D eigenvalue weighted by atomic mass is 28.4. The zero-order valence-electron chi connectivity index (χ0n) is 13.4. The van der Waals surface area contributed by atoms with Crippen LogP contribution in [0.3, 0.4) is 0 Å². The summed E-state index contributed by atoms with van der Waals surface area (Å²) in [5.41, 5.74) is 0. The Morgan fingerprint density at radius 1 is 0.950 bits per heavy atom. The smallest absolute Gasteiger partial charge is 0.388 e. The van der Waals surface area contributed by atoms with E-state index in [0.29, 0.717) is 0 Å². The molecule has 0 aliphatic carbocycles. The number of carbonyl (C=O) groups excluding carboxylic acids is 2. The Balaban J connectivity index is 0. The molecule has 0 heterocycles. The molecule has 0 saturated heterocycles. The van der Waals surface area contributed by atoms with Crippen LogP contribution in [0, 0.1) is 0 Å². The summed E-state index contributed by atoms with van der Waals surface area (Å²) in [5.74, 6) is -1.67. The first-order chi connectivity index (χ1) is 8.55. The van der Waals surface area contributed by atoms with Crippen LogP contribution in [-0.2, 0) is 9.59 Å². The van der Waals surface area contributed by atoms with Gasteiger partial charge in [-0.25, -0.2) is 0 Å². The van der Waals surface area contributed by atoms with Gasteiger partial charge in [0.25, 0.3) is 0 Å². The van der Waals surface area contributed by atoms with Crippen molar-refractivity contribution in [3.63, 3.8) is 0 Å². The zero-order valence-corrected chi connectivity index (χ0v) is 15.4. The predicted molar refractivity (Wildman–Crippen MR) is 79.3 cm³/mol. The average molecular weight is 330 g/mol. The summed E-state index contributed by atoms with van der Waals surface area (Å²) < 4.78 is 38.4. The minimum atomic E-state index is -4.75. The number of rotatable bonds is 3. The normalized spacial score (nSPS) is 12.2. The van der Waals surface area contributed by atoms with E-state index in [2.05, 4.69) is 0 Å². The van der Waals surface area contributed by atoms with Crippen molar-refractivity contribution < 1.29 is 22.8 Å². The van der Waals surface area contributed by atoms with Crippen LogP contribution in [0.25, 0.3) is 0 Å². The van der Waals surface area contributed by atoms with Gasteiger partial charge in [-0.15, -0.1) is 0 Å². The van der Waals surface area contributed by atoms with E-state index in [1.54, 1.807) is 53.4 Å². The second-order valence-corrected chi connectivity index (χ2v) is 16.6. The van der Waals surface area contributed by atoms with Crippen molar-refractivity contribution in [3.8, 4) is 0 Å². The molecule has 0 aromatic carbocycles. The Kier molecular flexibility index (Phi) is 7.78. The van der Waals surface area contributed by atoms with Crippen molar-refractivity contribution in [1.29, 1.82) is 0 Å². The Morgan fingerprint density at radius 3 is 1.25 bits per heavy atom. The van der Waals surface area contributed by atoms with Gasteiger partial charge in [0.15, 0.2) is 0 Å². The van der Waals surface area contributed by atoms with Gasteiger partial charge in [0.05, 0.1) is 0 Å². The third kappa shape index (κ3) is 8.36. The maximum atomic E-state index is 12.4. The number of hydrogen-bond acceptors (Lipinski definition) is 2.